The minimum absolute atomic E-state index is 0.215. The second kappa shape index (κ2) is 16.0. The van der Waals surface area contributed by atoms with Crippen LogP contribution in [0.2, 0.25) is 0 Å². The number of aromatic nitrogens is 2. The van der Waals surface area contributed by atoms with Gasteiger partial charge in [0, 0.05) is 13.0 Å². The minimum Gasteiger partial charge on any atom is -0.481 e. The lowest BCUT2D eigenvalue weighted by Crippen LogP contribution is -2.29. The Morgan fingerprint density at radius 3 is 1.78 bits per heavy atom. The van der Waals surface area contributed by atoms with Crippen LogP contribution < -0.4 is 10.6 Å². The van der Waals surface area contributed by atoms with Gasteiger partial charge in [-0.25, -0.2) is 14.8 Å². The molecule has 0 aromatic carbocycles. The van der Waals surface area contributed by atoms with Crippen LogP contribution in [0.5, 0.6) is 0 Å². The number of carbonyl (C=O) groups excluding carboxylic acids is 1. The van der Waals surface area contributed by atoms with Crippen molar-refractivity contribution in [3.63, 3.8) is 0 Å². The summed E-state index contributed by atoms with van der Waals surface area (Å²) in [6.45, 7) is 0.682. The Kier molecular flexibility index (Phi) is 13.6. The molecule has 7 heteroatoms. The molecule has 1 rings (SSSR count). The van der Waals surface area contributed by atoms with E-state index in [1.807, 2.05) is 0 Å². The van der Waals surface area contributed by atoms with Crippen molar-refractivity contribution in [2.45, 2.75) is 83.5 Å². The number of carboxylic acid groups (broad SMARTS) is 1. The molecule has 0 unspecified atom stereocenters. The van der Waals surface area contributed by atoms with Crippen LogP contribution in [0.15, 0.2) is 18.7 Å². The van der Waals surface area contributed by atoms with Gasteiger partial charge in [0.2, 0.25) is 0 Å². The highest BCUT2D eigenvalue weighted by Gasteiger charge is 2.01. The van der Waals surface area contributed by atoms with Gasteiger partial charge in [0.05, 0.1) is 18.1 Å². The van der Waals surface area contributed by atoms with Gasteiger partial charge in [0.1, 0.15) is 6.33 Å². The molecule has 2 amide bonds. The molecule has 3 N–H and O–H groups in total. The van der Waals surface area contributed by atoms with Gasteiger partial charge in [0.15, 0.2) is 0 Å². The summed E-state index contributed by atoms with van der Waals surface area (Å²) < 4.78 is 0. The highest BCUT2D eigenvalue weighted by atomic mass is 16.4. The molecule has 0 fully saturated rings. The van der Waals surface area contributed by atoms with E-state index in [1.165, 1.54) is 51.3 Å². The zero-order valence-corrected chi connectivity index (χ0v) is 16.3. The molecule has 152 valence electrons. The quantitative estimate of drug-likeness (QED) is 0.360. The van der Waals surface area contributed by atoms with Crippen molar-refractivity contribution in [2.75, 3.05) is 11.9 Å². The zero-order valence-electron chi connectivity index (χ0n) is 16.3. The Bertz CT molecular complexity index is 511. The first kappa shape index (κ1) is 22.9. The molecule has 0 saturated heterocycles. The number of rotatable bonds is 16. The number of nitrogens with zero attached hydrogens (tertiary/aromatic N) is 2. The summed E-state index contributed by atoms with van der Waals surface area (Å²) in [4.78, 5) is 29.7. The Morgan fingerprint density at radius 1 is 0.778 bits per heavy atom. The van der Waals surface area contributed by atoms with Crippen LogP contribution in [0.3, 0.4) is 0 Å². The molecule has 7 nitrogen and oxygen atoms in total. The number of anilines is 1. The number of aliphatic carboxylic acids is 1. The average Bonchev–Trinajstić information content (AvgIpc) is 2.65. The predicted octanol–water partition coefficient (Wildman–Crippen LogP) is 4.75. The normalized spacial score (nSPS) is 10.5. The summed E-state index contributed by atoms with van der Waals surface area (Å²) in [5.74, 6) is -0.684. The number of unbranched alkanes of at least 4 members (excludes halogenated alkanes) is 11. The summed E-state index contributed by atoms with van der Waals surface area (Å²) >= 11 is 0. The maximum Gasteiger partial charge on any atom is 0.319 e. The van der Waals surface area contributed by atoms with Crippen LogP contribution in [-0.2, 0) is 4.79 Å². The number of hydrogen-bond donors (Lipinski definition) is 3. The lowest BCUT2D eigenvalue weighted by molar-refractivity contribution is -0.137. The molecule has 0 aliphatic rings. The van der Waals surface area contributed by atoms with Crippen LogP contribution in [0, 0.1) is 0 Å². The van der Waals surface area contributed by atoms with Crippen molar-refractivity contribution in [2.24, 2.45) is 0 Å². The van der Waals surface area contributed by atoms with Crippen LogP contribution in [0.25, 0.3) is 0 Å². The number of urea groups is 1. The first-order chi connectivity index (χ1) is 13.2. The third kappa shape index (κ3) is 14.7. The van der Waals surface area contributed by atoms with E-state index in [9.17, 15) is 9.59 Å². The fourth-order valence-electron chi connectivity index (χ4n) is 2.91. The van der Waals surface area contributed by atoms with Crippen LogP contribution in [0.4, 0.5) is 10.5 Å². The van der Waals surface area contributed by atoms with Crippen molar-refractivity contribution in [1.29, 1.82) is 0 Å². The second-order valence-corrected chi connectivity index (χ2v) is 6.89. The molecule has 1 aromatic heterocycles. The zero-order chi connectivity index (χ0) is 19.6. The molecule has 0 radical (unpaired) electrons. The molecular weight excluding hydrogens is 344 g/mol. The summed E-state index contributed by atoms with van der Waals surface area (Å²) in [6.07, 6.45) is 18.8. The van der Waals surface area contributed by atoms with Gasteiger partial charge in [-0.3, -0.25) is 4.79 Å². The van der Waals surface area contributed by atoms with Gasteiger partial charge < -0.3 is 15.7 Å². The molecule has 0 spiro atoms. The van der Waals surface area contributed by atoms with E-state index in [4.69, 9.17) is 5.11 Å². The molecule has 1 aromatic rings. The van der Waals surface area contributed by atoms with Crippen molar-refractivity contribution < 1.29 is 14.7 Å². The average molecular weight is 379 g/mol. The fraction of sp³-hybridized carbons (Fsp3) is 0.700. The smallest absolute Gasteiger partial charge is 0.319 e. The van der Waals surface area contributed by atoms with E-state index in [1.54, 1.807) is 12.4 Å². The van der Waals surface area contributed by atoms with Crippen LogP contribution >= 0.6 is 0 Å². The largest absolute Gasteiger partial charge is 0.481 e. The maximum atomic E-state index is 11.7. The number of nitrogens with one attached hydrogen (secondary N) is 2. The SMILES string of the molecule is O=C(O)CCCCCCCCCCCCCCNC(=O)Nc1cncnc1. The van der Waals surface area contributed by atoms with Crippen molar-refractivity contribution in [1.82, 2.24) is 15.3 Å². The number of hydrogen-bond acceptors (Lipinski definition) is 4. The van der Waals surface area contributed by atoms with E-state index in [0.29, 0.717) is 18.7 Å². The predicted molar refractivity (Wildman–Crippen MR) is 107 cm³/mol. The fourth-order valence-corrected chi connectivity index (χ4v) is 2.91. The molecule has 1 heterocycles. The summed E-state index contributed by atoms with van der Waals surface area (Å²) in [7, 11) is 0. The minimum atomic E-state index is -0.684. The first-order valence-electron chi connectivity index (χ1n) is 10.2. The third-order valence-electron chi connectivity index (χ3n) is 4.42. The van der Waals surface area contributed by atoms with Gasteiger partial charge >= 0.3 is 12.0 Å². The molecule has 27 heavy (non-hydrogen) atoms. The van der Waals surface area contributed by atoms with E-state index in [-0.39, 0.29) is 6.03 Å². The Balaban J connectivity index is 1.78. The van der Waals surface area contributed by atoms with Gasteiger partial charge in [-0.2, -0.15) is 0 Å². The van der Waals surface area contributed by atoms with E-state index in [0.717, 1.165) is 32.1 Å². The standard InChI is InChI=1S/C20H34N4O3/c25-19(26)13-11-9-7-5-3-1-2-4-6-8-10-12-14-23-20(27)24-18-15-21-17-22-16-18/h15-17H,1-14H2,(H,25,26)(H2,23,24,27). The lowest BCUT2D eigenvalue weighted by atomic mass is 10.0. The third-order valence-corrected chi connectivity index (χ3v) is 4.42. The topological polar surface area (TPSA) is 104 Å². The Morgan fingerprint density at radius 2 is 1.26 bits per heavy atom. The Hall–Kier alpha value is -2.18. The second-order valence-electron chi connectivity index (χ2n) is 6.89. The number of amides is 2. The lowest BCUT2D eigenvalue weighted by Gasteiger charge is -2.07. The molecule has 0 saturated carbocycles. The van der Waals surface area contributed by atoms with E-state index < -0.39 is 5.97 Å². The molecule has 0 atom stereocenters. The summed E-state index contributed by atoms with van der Waals surface area (Å²) in [6, 6.07) is -0.215. The van der Waals surface area contributed by atoms with Gasteiger partial charge in [-0.1, -0.05) is 64.2 Å². The van der Waals surface area contributed by atoms with Crippen LogP contribution in [-0.4, -0.2) is 33.6 Å². The van der Waals surface area contributed by atoms with Gasteiger partial charge in [-0.05, 0) is 12.8 Å². The molecular formula is C20H34N4O3. The molecule has 0 aliphatic heterocycles. The molecule has 0 bridgehead atoms. The van der Waals surface area contributed by atoms with Crippen LogP contribution in [0.1, 0.15) is 83.5 Å². The van der Waals surface area contributed by atoms with Gasteiger partial charge in [-0.15, -0.1) is 0 Å². The summed E-state index contributed by atoms with van der Waals surface area (Å²) in [5.41, 5.74) is 0.593. The number of carboxylic acids is 1. The highest BCUT2D eigenvalue weighted by molar-refractivity contribution is 5.88. The maximum absolute atomic E-state index is 11.7. The van der Waals surface area contributed by atoms with Gasteiger partial charge in [0.25, 0.3) is 0 Å². The van der Waals surface area contributed by atoms with Crippen molar-refractivity contribution >= 4 is 17.7 Å². The first-order valence-corrected chi connectivity index (χ1v) is 10.2. The van der Waals surface area contributed by atoms with Crippen molar-refractivity contribution in [3.05, 3.63) is 18.7 Å². The van der Waals surface area contributed by atoms with E-state index >= 15 is 0 Å². The molecule has 0 aliphatic carbocycles. The Labute approximate surface area is 162 Å². The summed E-state index contributed by atoms with van der Waals surface area (Å²) in [5, 5.41) is 14.1. The van der Waals surface area contributed by atoms with Crippen molar-refractivity contribution in [3.8, 4) is 0 Å². The highest BCUT2D eigenvalue weighted by Crippen LogP contribution is 2.12. The number of carbonyl (C=O) groups is 2. The van der Waals surface area contributed by atoms with E-state index in [2.05, 4.69) is 20.6 Å². The monoisotopic (exact) mass is 378 g/mol.